The smallest absolute Gasteiger partial charge is 0.163 e. The summed E-state index contributed by atoms with van der Waals surface area (Å²) in [5.41, 5.74) is 6.38. The van der Waals surface area contributed by atoms with Gasteiger partial charge in [-0.3, -0.25) is 19.2 Å². The van der Waals surface area contributed by atoms with E-state index in [1.807, 2.05) is 19.9 Å². The van der Waals surface area contributed by atoms with E-state index in [-0.39, 0.29) is 47.3 Å². The van der Waals surface area contributed by atoms with E-state index < -0.39 is 0 Å². The highest BCUT2D eigenvalue weighted by Gasteiger charge is 2.35. The van der Waals surface area contributed by atoms with Crippen molar-refractivity contribution < 1.29 is 19.2 Å². The molecule has 0 bridgehead atoms. The van der Waals surface area contributed by atoms with Gasteiger partial charge in [-0.15, -0.1) is 0 Å². The van der Waals surface area contributed by atoms with Crippen LogP contribution in [0.25, 0.3) is 11.1 Å². The Hall–Kier alpha value is -2.88. The van der Waals surface area contributed by atoms with Crippen molar-refractivity contribution in [3.63, 3.8) is 0 Å². The molecule has 3 atom stereocenters. The van der Waals surface area contributed by atoms with Crippen LogP contribution >= 0.6 is 0 Å². The summed E-state index contributed by atoms with van der Waals surface area (Å²) < 4.78 is 0. The van der Waals surface area contributed by atoms with Crippen LogP contribution in [0, 0.1) is 24.7 Å². The van der Waals surface area contributed by atoms with Crippen molar-refractivity contribution >= 4 is 23.1 Å². The lowest BCUT2D eigenvalue weighted by Gasteiger charge is -2.33. The zero-order chi connectivity index (χ0) is 28.1. The summed E-state index contributed by atoms with van der Waals surface area (Å²) in [5, 5.41) is 0. The van der Waals surface area contributed by atoms with Crippen molar-refractivity contribution in [3.05, 3.63) is 58.1 Å². The Bertz CT molecular complexity index is 1200. The number of carbonyl (C=O) groups is 4. The number of hydrogen-bond acceptors (Lipinski definition) is 4. The van der Waals surface area contributed by atoms with Crippen molar-refractivity contribution in [2.75, 3.05) is 0 Å². The molecule has 3 unspecified atom stereocenters. The van der Waals surface area contributed by atoms with Crippen molar-refractivity contribution in [1.82, 2.24) is 0 Å². The third kappa shape index (κ3) is 6.57. The largest absolute Gasteiger partial charge is 0.300 e. The van der Waals surface area contributed by atoms with Crippen LogP contribution in [0.1, 0.15) is 123 Å². The Morgan fingerprint density at radius 1 is 1.00 bits per heavy atom. The molecular weight excluding hydrogens is 472 g/mol. The van der Waals surface area contributed by atoms with Gasteiger partial charge in [-0.05, 0) is 91.7 Å². The topological polar surface area (TPSA) is 68.3 Å². The van der Waals surface area contributed by atoms with Gasteiger partial charge >= 0.3 is 0 Å². The molecule has 204 valence electrons. The van der Waals surface area contributed by atoms with Crippen LogP contribution in [-0.4, -0.2) is 23.1 Å². The second kappa shape index (κ2) is 12.8. The molecule has 3 rings (SSSR count). The molecule has 0 heterocycles. The number of ketones is 4. The fraction of sp³-hybridized carbons (Fsp3) is 0.529. The van der Waals surface area contributed by atoms with E-state index in [4.69, 9.17) is 0 Å². The van der Waals surface area contributed by atoms with E-state index >= 15 is 0 Å². The van der Waals surface area contributed by atoms with Gasteiger partial charge in [0.05, 0.1) is 6.42 Å². The van der Waals surface area contributed by atoms with Gasteiger partial charge in [-0.2, -0.15) is 0 Å². The molecule has 0 spiro atoms. The quantitative estimate of drug-likeness (QED) is 0.211. The van der Waals surface area contributed by atoms with E-state index in [9.17, 15) is 19.2 Å². The van der Waals surface area contributed by atoms with Crippen LogP contribution in [0.4, 0.5) is 0 Å². The molecule has 2 aromatic carbocycles. The van der Waals surface area contributed by atoms with Gasteiger partial charge in [0.25, 0.3) is 0 Å². The van der Waals surface area contributed by atoms with Gasteiger partial charge in [0.1, 0.15) is 11.6 Å². The van der Waals surface area contributed by atoms with E-state index in [0.29, 0.717) is 29.9 Å². The van der Waals surface area contributed by atoms with Crippen molar-refractivity contribution in [2.24, 2.45) is 17.8 Å². The van der Waals surface area contributed by atoms with Gasteiger partial charge < -0.3 is 0 Å². The standard InChI is InChI=1S/C34H44O4/c1-8-10-27(28(9-2)32(37)15-21(5)35)16-24-17-31-30(26-13-11-25(12-14-26)20(3)4)19-29(23(7)36)22(6)34(31)33(38)18-24/h11-14,19-20,24,27-28H,8-10,15-18H2,1-7H3. The maximum absolute atomic E-state index is 13.7. The van der Waals surface area contributed by atoms with Crippen LogP contribution in [0.5, 0.6) is 0 Å². The van der Waals surface area contributed by atoms with Crippen molar-refractivity contribution in [2.45, 2.75) is 99.3 Å². The first-order valence-corrected chi connectivity index (χ1v) is 14.3. The number of hydrogen-bond donors (Lipinski definition) is 0. The molecule has 4 heteroatoms. The maximum Gasteiger partial charge on any atom is 0.163 e. The van der Waals surface area contributed by atoms with Gasteiger partial charge in [0.2, 0.25) is 0 Å². The minimum atomic E-state index is -0.153. The van der Waals surface area contributed by atoms with E-state index in [0.717, 1.165) is 47.9 Å². The van der Waals surface area contributed by atoms with E-state index in [1.165, 1.54) is 12.5 Å². The SMILES string of the molecule is CCCC(CC1CC(=O)c2c(C)c(C(C)=O)cc(-c3ccc(C(C)C)cc3)c2C1)C(CC)C(=O)CC(C)=O. The van der Waals surface area contributed by atoms with Gasteiger partial charge in [0.15, 0.2) is 11.6 Å². The molecule has 0 saturated carbocycles. The fourth-order valence-electron chi connectivity index (χ4n) is 6.47. The molecule has 0 fully saturated rings. The zero-order valence-electron chi connectivity index (χ0n) is 24.3. The second-order valence-electron chi connectivity index (χ2n) is 11.6. The Balaban J connectivity index is 2.04. The summed E-state index contributed by atoms with van der Waals surface area (Å²) in [6, 6.07) is 10.4. The Kier molecular flexibility index (Phi) is 9.98. The molecule has 0 amide bonds. The highest BCUT2D eigenvalue weighted by molar-refractivity contribution is 6.07. The predicted octanol–water partition coefficient (Wildman–Crippen LogP) is 8.11. The van der Waals surface area contributed by atoms with Crippen molar-refractivity contribution in [1.29, 1.82) is 0 Å². The third-order valence-corrected chi connectivity index (χ3v) is 8.35. The van der Waals surface area contributed by atoms with Crippen LogP contribution in [0.2, 0.25) is 0 Å². The molecule has 4 nitrogen and oxygen atoms in total. The number of carbonyl (C=O) groups excluding carboxylic acids is 4. The molecule has 0 N–H and O–H groups in total. The predicted molar refractivity (Wildman–Crippen MR) is 154 cm³/mol. The van der Waals surface area contributed by atoms with Gasteiger partial charge in [-0.1, -0.05) is 64.8 Å². The lowest BCUT2D eigenvalue weighted by atomic mass is 9.70. The molecule has 2 aromatic rings. The van der Waals surface area contributed by atoms with Crippen LogP contribution in [0.15, 0.2) is 30.3 Å². The van der Waals surface area contributed by atoms with Crippen molar-refractivity contribution in [3.8, 4) is 11.1 Å². The first-order valence-electron chi connectivity index (χ1n) is 14.3. The molecule has 0 radical (unpaired) electrons. The number of Topliss-reactive ketones (excluding diaryl/α,β-unsaturated/α-hetero) is 4. The molecular formula is C34H44O4. The average Bonchev–Trinajstić information content (AvgIpc) is 2.84. The lowest BCUT2D eigenvalue weighted by molar-refractivity contribution is -0.129. The monoisotopic (exact) mass is 516 g/mol. The highest BCUT2D eigenvalue weighted by Crippen LogP contribution is 2.41. The summed E-state index contributed by atoms with van der Waals surface area (Å²) in [5.74, 6) is 0.560. The fourth-order valence-corrected chi connectivity index (χ4v) is 6.47. The summed E-state index contributed by atoms with van der Waals surface area (Å²) >= 11 is 0. The Morgan fingerprint density at radius 3 is 2.18 bits per heavy atom. The van der Waals surface area contributed by atoms with Gasteiger partial charge in [-0.25, -0.2) is 0 Å². The first kappa shape index (κ1) is 29.7. The molecule has 0 aliphatic heterocycles. The number of fused-ring (bicyclic) bond motifs is 1. The minimum absolute atomic E-state index is 0.00527. The lowest BCUT2D eigenvalue weighted by Crippen LogP contribution is -2.30. The van der Waals surface area contributed by atoms with Gasteiger partial charge in [0, 0.05) is 23.5 Å². The summed E-state index contributed by atoms with van der Waals surface area (Å²) in [6.07, 6.45) is 4.54. The Labute approximate surface area is 228 Å². The van der Waals surface area contributed by atoms with E-state index in [1.54, 1.807) is 6.92 Å². The van der Waals surface area contributed by atoms with E-state index in [2.05, 4.69) is 45.0 Å². The van der Waals surface area contributed by atoms with Crippen LogP contribution in [-0.2, 0) is 16.0 Å². The molecule has 1 aliphatic carbocycles. The summed E-state index contributed by atoms with van der Waals surface area (Å²) in [4.78, 5) is 50.8. The second-order valence-corrected chi connectivity index (χ2v) is 11.6. The molecule has 0 aromatic heterocycles. The minimum Gasteiger partial charge on any atom is -0.300 e. The molecule has 0 saturated heterocycles. The third-order valence-electron chi connectivity index (χ3n) is 8.35. The van der Waals surface area contributed by atoms with Crippen LogP contribution in [0.3, 0.4) is 0 Å². The first-order chi connectivity index (χ1) is 18.0. The summed E-state index contributed by atoms with van der Waals surface area (Å²) in [7, 11) is 0. The molecule has 1 aliphatic rings. The Morgan fingerprint density at radius 2 is 1.66 bits per heavy atom. The number of benzene rings is 2. The molecule has 38 heavy (non-hydrogen) atoms. The average molecular weight is 517 g/mol. The highest BCUT2D eigenvalue weighted by atomic mass is 16.1. The summed E-state index contributed by atoms with van der Waals surface area (Å²) in [6.45, 7) is 13.4. The zero-order valence-corrected chi connectivity index (χ0v) is 24.3. The van der Waals surface area contributed by atoms with Crippen LogP contribution < -0.4 is 0 Å². The normalized spacial score (nSPS) is 16.7. The maximum atomic E-state index is 13.7. The number of rotatable bonds is 12.